The summed E-state index contributed by atoms with van der Waals surface area (Å²) >= 11 is 0. The fraction of sp³-hybridized carbons (Fsp3) is 0.208. The summed E-state index contributed by atoms with van der Waals surface area (Å²) in [7, 11) is 2.14. The highest BCUT2D eigenvalue weighted by atomic mass is 35.5. The van der Waals surface area contributed by atoms with Crippen molar-refractivity contribution in [3.63, 3.8) is 0 Å². The van der Waals surface area contributed by atoms with Gasteiger partial charge in [0, 0.05) is 25.7 Å². The van der Waals surface area contributed by atoms with Gasteiger partial charge in [0.25, 0.3) is 0 Å². The van der Waals surface area contributed by atoms with Crippen molar-refractivity contribution in [3.8, 4) is 0 Å². The monoisotopic (exact) mass is 427 g/mol. The summed E-state index contributed by atoms with van der Waals surface area (Å²) in [4.78, 5) is 7.49. The normalized spacial score (nSPS) is 15.3. The molecular formula is C24H27Cl2N3. The molecule has 0 bridgehead atoms. The van der Waals surface area contributed by atoms with E-state index in [1.807, 2.05) is 18.2 Å². The second kappa shape index (κ2) is 10.3. The van der Waals surface area contributed by atoms with E-state index >= 15 is 0 Å². The fourth-order valence-corrected chi connectivity index (χ4v) is 3.76. The molecule has 1 aliphatic rings. The van der Waals surface area contributed by atoms with E-state index in [1.165, 1.54) is 22.3 Å². The number of benzene rings is 3. The van der Waals surface area contributed by atoms with Crippen LogP contribution in [0.2, 0.25) is 0 Å². The number of aryl methyl sites for hydroxylation is 1. The van der Waals surface area contributed by atoms with Gasteiger partial charge in [-0.3, -0.25) is 4.99 Å². The quantitative estimate of drug-likeness (QED) is 0.544. The maximum absolute atomic E-state index is 6.14. The smallest absolute Gasteiger partial charge is 0.102 e. The number of amidine groups is 1. The predicted octanol–water partition coefficient (Wildman–Crippen LogP) is 5.68. The average molecular weight is 428 g/mol. The maximum atomic E-state index is 6.14. The molecule has 1 atom stereocenters. The number of aliphatic imine (C=N–C) groups is 1. The van der Waals surface area contributed by atoms with Gasteiger partial charge in [0.1, 0.15) is 11.9 Å². The molecule has 152 valence electrons. The Labute approximate surface area is 185 Å². The summed E-state index contributed by atoms with van der Waals surface area (Å²) in [5.74, 6) is 1.13. The minimum absolute atomic E-state index is 0. The Hall–Kier alpha value is -2.49. The van der Waals surface area contributed by atoms with Crippen LogP contribution in [0.1, 0.15) is 34.7 Å². The van der Waals surface area contributed by atoms with E-state index in [2.05, 4.69) is 72.6 Å². The molecule has 0 aliphatic carbocycles. The highest BCUT2D eigenvalue weighted by molar-refractivity contribution is 5.85. The first-order chi connectivity index (χ1) is 13.2. The largest absolute Gasteiger partial charge is 0.399 e. The van der Waals surface area contributed by atoms with Crippen LogP contribution < -0.4 is 5.73 Å². The molecule has 1 heterocycles. The van der Waals surface area contributed by atoms with Crippen LogP contribution in [0.25, 0.3) is 0 Å². The molecular weight excluding hydrogens is 401 g/mol. The molecule has 5 heteroatoms. The van der Waals surface area contributed by atoms with Gasteiger partial charge in [-0.2, -0.15) is 0 Å². The van der Waals surface area contributed by atoms with Crippen molar-refractivity contribution in [3.05, 3.63) is 101 Å². The van der Waals surface area contributed by atoms with Crippen LogP contribution in [0.4, 0.5) is 5.69 Å². The Bertz CT molecular complexity index is 957. The van der Waals surface area contributed by atoms with Crippen LogP contribution in [0, 0.1) is 0 Å². The van der Waals surface area contributed by atoms with E-state index in [0.717, 1.165) is 30.9 Å². The number of fused-ring (bicyclic) bond motifs is 1. The lowest BCUT2D eigenvalue weighted by Crippen LogP contribution is -2.26. The molecule has 2 N–H and O–H groups in total. The van der Waals surface area contributed by atoms with Gasteiger partial charge in [0.15, 0.2) is 0 Å². The molecule has 1 aliphatic heterocycles. The lowest BCUT2D eigenvalue weighted by Gasteiger charge is -2.20. The van der Waals surface area contributed by atoms with Crippen LogP contribution in [-0.2, 0) is 13.0 Å². The first-order valence-corrected chi connectivity index (χ1v) is 9.46. The topological polar surface area (TPSA) is 41.6 Å². The summed E-state index contributed by atoms with van der Waals surface area (Å²) in [6, 6.07) is 27.4. The third-order valence-corrected chi connectivity index (χ3v) is 5.26. The summed E-state index contributed by atoms with van der Waals surface area (Å²) in [5.41, 5.74) is 12.0. The van der Waals surface area contributed by atoms with Gasteiger partial charge in [-0.25, -0.2) is 0 Å². The minimum atomic E-state index is 0. The van der Waals surface area contributed by atoms with Crippen molar-refractivity contribution in [2.75, 3.05) is 12.8 Å². The first kappa shape index (κ1) is 22.8. The number of rotatable bonds is 4. The number of anilines is 1. The van der Waals surface area contributed by atoms with Crippen molar-refractivity contribution < 1.29 is 0 Å². The fourth-order valence-electron chi connectivity index (χ4n) is 3.76. The number of nitrogen functional groups attached to an aromatic ring is 1. The molecule has 0 spiro atoms. The molecule has 3 aromatic carbocycles. The van der Waals surface area contributed by atoms with E-state index in [-0.39, 0.29) is 30.9 Å². The highest BCUT2D eigenvalue weighted by Gasteiger charge is 2.23. The lowest BCUT2D eigenvalue weighted by atomic mass is 9.95. The van der Waals surface area contributed by atoms with E-state index in [4.69, 9.17) is 10.7 Å². The third-order valence-electron chi connectivity index (χ3n) is 5.26. The molecule has 0 radical (unpaired) electrons. The Morgan fingerprint density at radius 3 is 2.28 bits per heavy atom. The number of hydrogen-bond donors (Lipinski definition) is 1. The molecule has 0 aromatic heterocycles. The molecule has 1 unspecified atom stereocenters. The highest BCUT2D eigenvalue weighted by Crippen LogP contribution is 2.32. The van der Waals surface area contributed by atoms with Crippen LogP contribution in [0.15, 0.2) is 83.9 Å². The summed E-state index contributed by atoms with van der Waals surface area (Å²) in [6.07, 6.45) is 1.77. The summed E-state index contributed by atoms with van der Waals surface area (Å²) < 4.78 is 0. The van der Waals surface area contributed by atoms with Crippen LogP contribution in [0.5, 0.6) is 0 Å². The van der Waals surface area contributed by atoms with E-state index < -0.39 is 0 Å². The van der Waals surface area contributed by atoms with E-state index in [0.29, 0.717) is 0 Å². The second-order valence-corrected chi connectivity index (χ2v) is 7.11. The van der Waals surface area contributed by atoms with Gasteiger partial charge in [-0.05, 0) is 34.7 Å². The first-order valence-electron chi connectivity index (χ1n) is 9.46. The number of nitrogens with zero attached hydrogens (tertiary/aromatic N) is 2. The standard InChI is InChI=1S/C24H25N3.2ClH/c1-27-17-20-12-5-7-13-21(20)24(19-10-3-2-4-11-19)26-23(27)16-15-18-9-6-8-14-22(18)25;;/h2-14,24H,15-17,25H2,1H3;2*1H. The summed E-state index contributed by atoms with van der Waals surface area (Å²) in [5, 5.41) is 0. The Morgan fingerprint density at radius 2 is 1.52 bits per heavy atom. The second-order valence-electron chi connectivity index (χ2n) is 7.11. The number of para-hydroxylation sites is 1. The Kier molecular flexibility index (Phi) is 8.12. The van der Waals surface area contributed by atoms with Gasteiger partial charge < -0.3 is 10.6 Å². The molecule has 3 aromatic rings. The van der Waals surface area contributed by atoms with Crippen LogP contribution in [-0.4, -0.2) is 17.8 Å². The Morgan fingerprint density at radius 1 is 0.862 bits per heavy atom. The molecule has 0 saturated heterocycles. The average Bonchev–Trinajstić information content (AvgIpc) is 2.84. The van der Waals surface area contributed by atoms with Gasteiger partial charge in [0.2, 0.25) is 0 Å². The van der Waals surface area contributed by atoms with Crippen LogP contribution >= 0.6 is 24.8 Å². The molecule has 0 amide bonds. The van der Waals surface area contributed by atoms with Crippen molar-refractivity contribution in [2.24, 2.45) is 4.99 Å². The third kappa shape index (κ3) is 5.11. The van der Waals surface area contributed by atoms with E-state index in [9.17, 15) is 0 Å². The van der Waals surface area contributed by atoms with E-state index in [1.54, 1.807) is 0 Å². The molecule has 0 fully saturated rings. The van der Waals surface area contributed by atoms with Gasteiger partial charge in [-0.15, -0.1) is 24.8 Å². The molecule has 4 rings (SSSR count). The van der Waals surface area contributed by atoms with Crippen molar-refractivity contribution in [1.82, 2.24) is 4.90 Å². The zero-order valence-electron chi connectivity index (χ0n) is 16.5. The lowest BCUT2D eigenvalue weighted by molar-refractivity contribution is 0.490. The molecule has 3 nitrogen and oxygen atoms in total. The maximum Gasteiger partial charge on any atom is 0.102 e. The zero-order valence-corrected chi connectivity index (χ0v) is 18.1. The zero-order chi connectivity index (χ0) is 18.6. The van der Waals surface area contributed by atoms with Gasteiger partial charge >= 0.3 is 0 Å². The van der Waals surface area contributed by atoms with Crippen molar-refractivity contribution >= 4 is 36.3 Å². The molecule has 0 saturated carbocycles. The predicted molar refractivity (Wildman–Crippen MR) is 127 cm³/mol. The number of hydrogen-bond acceptors (Lipinski definition) is 3. The Balaban J connectivity index is 0.00000150. The molecule has 29 heavy (non-hydrogen) atoms. The number of nitrogens with two attached hydrogens (primary N) is 1. The van der Waals surface area contributed by atoms with Gasteiger partial charge in [0.05, 0.1) is 0 Å². The summed E-state index contributed by atoms with van der Waals surface area (Å²) in [6.45, 7) is 0.878. The van der Waals surface area contributed by atoms with Gasteiger partial charge in [-0.1, -0.05) is 72.8 Å². The number of halogens is 2. The minimum Gasteiger partial charge on any atom is -0.399 e. The van der Waals surface area contributed by atoms with Crippen molar-refractivity contribution in [2.45, 2.75) is 25.4 Å². The van der Waals surface area contributed by atoms with Crippen molar-refractivity contribution in [1.29, 1.82) is 0 Å². The van der Waals surface area contributed by atoms with Crippen LogP contribution in [0.3, 0.4) is 0 Å². The SMILES string of the molecule is CN1Cc2ccccc2C(c2ccccc2)N=C1CCc1ccccc1N.Cl.Cl.